The number of sulfonamides is 1. The summed E-state index contributed by atoms with van der Waals surface area (Å²) >= 11 is 5.91. The van der Waals surface area contributed by atoms with Crippen LogP contribution < -0.4 is 4.72 Å². The maximum absolute atomic E-state index is 12.5. The Morgan fingerprint density at radius 2 is 2.04 bits per heavy atom. The number of rotatable bonds is 6. The number of aromatic nitrogens is 4. The van der Waals surface area contributed by atoms with Crippen LogP contribution in [-0.2, 0) is 16.6 Å². The van der Waals surface area contributed by atoms with Crippen molar-refractivity contribution in [2.45, 2.75) is 18.4 Å². The van der Waals surface area contributed by atoms with E-state index in [1.54, 1.807) is 50.0 Å². The molecule has 25 heavy (non-hydrogen) atoms. The van der Waals surface area contributed by atoms with Gasteiger partial charge in [0.05, 0.1) is 11.1 Å². The molecule has 0 saturated carbocycles. The van der Waals surface area contributed by atoms with E-state index in [9.17, 15) is 8.42 Å². The van der Waals surface area contributed by atoms with E-state index < -0.39 is 10.0 Å². The average Bonchev–Trinajstić information content (AvgIpc) is 3.06. The van der Waals surface area contributed by atoms with Crippen molar-refractivity contribution < 1.29 is 8.42 Å². The van der Waals surface area contributed by atoms with Gasteiger partial charge in [0.1, 0.15) is 5.69 Å². The van der Waals surface area contributed by atoms with Gasteiger partial charge in [0, 0.05) is 42.9 Å². The van der Waals surface area contributed by atoms with Gasteiger partial charge in [-0.25, -0.2) is 23.1 Å². The Balaban J connectivity index is 1.72. The minimum Gasteiger partial charge on any atom is -0.328 e. The molecule has 2 heterocycles. The molecule has 9 heteroatoms. The number of hydrogen-bond acceptors (Lipinski definition) is 5. The van der Waals surface area contributed by atoms with Crippen LogP contribution in [0.1, 0.15) is 5.56 Å². The van der Waals surface area contributed by atoms with E-state index in [0.717, 1.165) is 0 Å². The maximum atomic E-state index is 12.5. The Bertz CT molecular complexity index is 973. The van der Waals surface area contributed by atoms with Crippen LogP contribution in [0.25, 0.3) is 11.5 Å². The molecule has 1 aromatic carbocycles. The van der Waals surface area contributed by atoms with E-state index in [1.165, 1.54) is 6.07 Å². The van der Waals surface area contributed by atoms with E-state index >= 15 is 0 Å². The highest BCUT2D eigenvalue weighted by molar-refractivity contribution is 7.89. The fraction of sp³-hybridized carbons (Fsp3) is 0.188. The van der Waals surface area contributed by atoms with Crippen molar-refractivity contribution in [3.63, 3.8) is 0 Å². The van der Waals surface area contributed by atoms with Gasteiger partial charge in [-0.2, -0.15) is 0 Å². The first-order chi connectivity index (χ1) is 12.0. The van der Waals surface area contributed by atoms with Gasteiger partial charge >= 0.3 is 0 Å². The van der Waals surface area contributed by atoms with E-state index in [4.69, 9.17) is 11.6 Å². The number of imidazole rings is 1. The monoisotopic (exact) mass is 377 g/mol. The summed E-state index contributed by atoms with van der Waals surface area (Å²) in [7, 11) is -3.64. The van der Waals surface area contributed by atoms with Crippen molar-refractivity contribution in [3.05, 3.63) is 59.8 Å². The van der Waals surface area contributed by atoms with Gasteiger partial charge in [-0.3, -0.25) is 4.98 Å². The normalized spacial score (nSPS) is 11.6. The Morgan fingerprint density at radius 1 is 1.20 bits per heavy atom. The van der Waals surface area contributed by atoms with Crippen LogP contribution in [0.5, 0.6) is 0 Å². The SMILES string of the molecule is Cc1ccc(Cl)cc1S(=O)(=O)NCCn1ccnc1-c1cnccn1. The highest BCUT2D eigenvalue weighted by Gasteiger charge is 2.17. The fourth-order valence-corrected chi connectivity index (χ4v) is 3.91. The molecule has 7 nitrogen and oxygen atoms in total. The number of benzene rings is 1. The van der Waals surface area contributed by atoms with Crippen LogP contribution in [0.2, 0.25) is 5.02 Å². The van der Waals surface area contributed by atoms with Gasteiger partial charge in [-0.05, 0) is 24.6 Å². The smallest absolute Gasteiger partial charge is 0.240 e. The largest absolute Gasteiger partial charge is 0.328 e. The summed E-state index contributed by atoms with van der Waals surface area (Å²) < 4.78 is 29.3. The molecule has 3 rings (SSSR count). The zero-order valence-electron chi connectivity index (χ0n) is 13.4. The topological polar surface area (TPSA) is 89.8 Å². The van der Waals surface area contributed by atoms with Crippen LogP contribution >= 0.6 is 11.6 Å². The summed E-state index contributed by atoms with van der Waals surface area (Å²) in [5.74, 6) is 0.631. The molecular formula is C16H16ClN5O2S. The van der Waals surface area contributed by atoms with Crippen LogP contribution in [0, 0.1) is 6.92 Å². The number of aryl methyl sites for hydroxylation is 1. The molecule has 2 aromatic heterocycles. The molecule has 0 amide bonds. The van der Waals surface area contributed by atoms with Gasteiger partial charge in [-0.1, -0.05) is 17.7 Å². The van der Waals surface area contributed by atoms with Gasteiger partial charge in [0.25, 0.3) is 0 Å². The Morgan fingerprint density at radius 3 is 2.80 bits per heavy atom. The molecule has 0 aliphatic carbocycles. The van der Waals surface area contributed by atoms with Gasteiger partial charge < -0.3 is 4.57 Å². The number of hydrogen-bond donors (Lipinski definition) is 1. The maximum Gasteiger partial charge on any atom is 0.240 e. The molecule has 1 N–H and O–H groups in total. The molecule has 0 radical (unpaired) electrons. The van der Waals surface area contributed by atoms with Crippen molar-refractivity contribution in [3.8, 4) is 11.5 Å². The molecule has 0 fully saturated rings. The van der Waals surface area contributed by atoms with Crippen molar-refractivity contribution in [2.24, 2.45) is 0 Å². The molecule has 0 spiro atoms. The first-order valence-corrected chi connectivity index (χ1v) is 9.37. The lowest BCUT2D eigenvalue weighted by molar-refractivity contribution is 0.572. The standard InChI is InChI=1S/C16H16ClN5O2S/c1-12-2-3-13(17)10-15(12)25(23,24)21-7-9-22-8-6-20-16(22)14-11-18-4-5-19-14/h2-6,8,10-11,21H,7,9H2,1H3. The third-order valence-electron chi connectivity index (χ3n) is 3.59. The number of nitrogens with zero attached hydrogens (tertiary/aromatic N) is 4. The van der Waals surface area contributed by atoms with Crippen molar-refractivity contribution >= 4 is 21.6 Å². The van der Waals surface area contributed by atoms with Gasteiger partial charge in [0.2, 0.25) is 10.0 Å². The second-order valence-electron chi connectivity index (χ2n) is 5.34. The summed E-state index contributed by atoms with van der Waals surface area (Å²) in [6, 6.07) is 4.79. The number of nitrogens with one attached hydrogen (secondary N) is 1. The van der Waals surface area contributed by atoms with E-state index in [-0.39, 0.29) is 11.4 Å². The molecular weight excluding hydrogens is 362 g/mol. The quantitative estimate of drug-likeness (QED) is 0.711. The third kappa shape index (κ3) is 4.04. The lowest BCUT2D eigenvalue weighted by atomic mass is 10.2. The lowest BCUT2D eigenvalue weighted by Crippen LogP contribution is -2.28. The van der Waals surface area contributed by atoms with Crippen molar-refractivity contribution in [1.82, 2.24) is 24.2 Å². The molecule has 3 aromatic rings. The molecule has 130 valence electrons. The summed E-state index contributed by atoms with van der Waals surface area (Å²) in [5.41, 5.74) is 1.26. The Hall–Kier alpha value is -2.29. The predicted octanol–water partition coefficient (Wildman–Crippen LogP) is 2.28. The minimum atomic E-state index is -3.64. The van der Waals surface area contributed by atoms with Gasteiger partial charge in [0.15, 0.2) is 5.82 Å². The summed E-state index contributed by atoms with van der Waals surface area (Å²) in [5, 5.41) is 0.380. The molecule has 0 saturated heterocycles. The minimum absolute atomic E-state index is 0.180. The van der Waals surface area contributed by atoms with Crippen LogP contribution in [0.15, 0.2) is 54.1 Å². The molecule has 0 aliphatic rings. The van der Waals surface area contributed by atoms with E-state index in [0.29, 0.717) is 28.6 Å². The first-order valence-electron chi connectivity index (χ1n) is 7.51. The molecule has 0 aliphatic heterocycles. The number of halogens is 1. The fourth-order valence-electron chi connectivity index (χ4n) is 2.38. The van der Waals surface area contributed by atoms with Gasteiger partial charge in [-0.15, -0.1) is 0 Å². The highest BCUT2D eigenvalue weighted by Crippen LogP contribution is 2.20. The second-order valence-corrected chi connectivity index (χ2v) is 7.51. The van der Waals surface area contributed by atoms with E-state index in [2.05, 4.69) is 19.7 Å². The molecule has 0 bridgehead atoms. The summed E-state index contributed by atoms with van der Waals surface area (Å²) in [6.45, 7) is 2.34. The average molecular weight is 378 g/mol. The Labute approximate surface area is 150 Å². The molecule has 0 unspecified atom stereocenters. The predicted molar refractivity (Wildman–Crippen MR) is 94.6 cm³/mol. The van der Waals surface area contributed by atoms with E-state index in [1.807, 2.05) is 4.57 Å². The van der Waals surface area contributed by atoms with Crippen LogP contribution in [0.3, 0.4) is 0 Å². The van der Waals surface area contributed by atoms with Crippen molar-refractivity contribution in [1.29, 1.82) is 0 Å². The lowest BCUT2D eigenvalue weighted by Gasteiger charge is -2.11. The summed E-state index contributed by atoms with van der Waals surface area (Å²) in [6.07, 6.45) is 8.18. The Kier molecular flexibility index (Phi) is 5.12. The highest BCUT2D eigenvalue weighted by atomic mass is 35.5. The van der Waals surface area contributed by atoms with Crippen LogP contribution in [-0.4, -0.2) is 34.5 Å². The molecule has 0 atom stereocenters. The van der Waals surface area contributed by atoms with Crippen molar-refractivity contribution in [2.75, 3.05) is 6.54 Å². The summed E-state index contributed by atoms with van der Waals surface area (Å²) in [4.78, 5) is 12.7. The van der Waals surface area contributed by atoms with Crippen LogP contribution in [0.4, 0.5) is 0 Å². The first kappa shape index (κ1) is 17.5. The zero-order chi connectivity index (χ0) is 17.9. The zero-order valence-corrected chi connectivity index (χ0v) is 15.0. The second kappa shape index (κ2) is 7.30. The third-order valence-corrected chi connectivity index (χ3v) is 5.43.